The standard InChI is InChI=1S/C16H20N2O.C16H19NO.C15H16ClNO.C15H17NO.C13H13NO.CH4/c1-14-11-13-18(16(19)17(14)2)12-7-6-10-15-8-4-3-5-9-15;1-14-10-12-17(16(18)13-14)11-6-5-9-15-7-3-2-4-8-15;1-12-8-10-17(15(18)11-12)9-2-3-13-4-6-14(16)7-5-13;1-13-9-11-16(15(17)12-13)10-5-8-14-6-3-2-4-7-14;1-11-7-8-14(13(15)9-11)10-12-5-3-2-4-6-12;/h3-5,8-9,11,13H,1,6-7,10,12H2,2H3;2-4,7-8,10,12H,1,5-6,9,11,13H2;4-8,10H,1-3,9,11H2;2-4,6-7,9,11H,1,5,8,10,12H2;2-8H,1,9-10H2;1H4. The van der Waals surface area contributed by atoms with Crippen LogP contribution in [0.1, 0.15) is 99.5 Å². The zero-order chi connectivity index (χ0) is 62.2. The molecule has 0 bridgehead atoms. The Morgan fingerprint density at radius 1 is 0.352 bits per heavy atom. The van der Waals surface area contributed by atoms with Gasteiger partial charge in [-0.2, -0.15) is 0 Å². The SMILES string of the molecule is C.C=C1C=CN(CCCCc2ccccc2)C(=O)C1.C=C1C=CN(CCCCc2ccccc2)C(=O)N1C.C=C1C=CN(CCCc2ccc(Cl)cc2)C(=O)C1.C=C1C=CN(CCCc2ccccc2)C(=O)C1.C=C1C=CN(Cc2ccccc2)C(=O)C1. The number of carbonyl (C=O) groups is 5. The molecule has 0 unspecified atom stereocenters. The zero-order valence-electron chi connectivity index (χ0n) is 50.7. The molecule has 0 saturated heterocycles. The Bertz CT molecular complexity index is 3260. The lowest BCUT2D eigenvalue weighted by molar-refractivity contribution is -0.129. The first-order valence-corrected chi connectivity index (χ1v) is 30.4. The third-order valence-electron chi connectivity index (χ3n) is 14.8. The molecular formula is C76H89ClN6O5. The van der Waals surface area contributed by atoms with E-state index in [0.717, 1.165) is 129 Å². The summed E-state index contributed by atoms with van der Waals surface area (Å²) in [6.07, 6.45) is 30.8. The van der Waals surface area contributed by atoms with Crippen LogP contribution in [0.3, 0.4) is 0 Å². The van der Waals surface area contributed by atoms with E-state index in [1.807, 2.05) is 140 Å². The molecule has 0 fully saturated rings. The van der Waals surface area contributed by atoms with E-state index in [4.69, 9.17) is 11.6 Å². The topological polar surface area (TPSA) is 105 Å². The third kappa shape index (κ3) is 25.5. The van der Waals surface area contributed by atoms with Crippen LogP contribution < -0.4 is 0 Å². The second-order valence-electron chi connectivity index (χ2n) is 21.9. The van der Waals surface area contributed by atoms with Crippen molar-refractivity contribution in [1.29, 1.82) is 0 Å². The van der Waals surface area contributed by atoms with Crippen LogP contribution in [0, 0.1) is 0 Å². The van der Waals surface area contributed by atoms with E-state index in [0.29, 0.717) is 32.2 Å². The fourth-order valence-electron chi connectivity index (χ4n) is 9.60. The maximum Gasteiger partial charge on any atom is 0.328 e. The lowest BCUT2D eigenvalue weighted by atomic mass is 10.1. The molecule has 5 aromatic carbocycles. The van der Waals surface area contributed by atoms with Gasteiger partial charge in [0, 0.05) is 74.9 Å². The van der Waals surface area contributed by atoms with Gasteiger partial charge in [0.2, 0.25) is 23.6 Å². The van der Waals surface area contributed by atoms with Crippen molar-refractivity contribution in [3.8, 4) is 0 Å². The Labute approximate surface area is 529 Å². The van der Waals surface area contributed by atoms with Gasteiger partial charge in [-0.15, -0.1) is 0 Å². The van der Waals surface area contributed by atoms with Gasteiger partial charge in [0.1, 0.15) is 0 Å². The fourth-order valence-corrected chi connectivity index (χ4v) is 9.73. The maximum atomic E-state index is 11.9. The highest BCUT2D eigenvalue weighted by Gasteiger charge is 2.22. The number of halogens is 1. The van der Waals surface area contributed by atoms with Gasteiger partial charge in [-0.3, -0.25) is 24.1 Å². The average Bonchev–Trinajstić information content (AvgIpc) is 3.71. The van der Waals surface area contributed by atoms with Gasteiger partial charge in [-0.25, -0.2) is 4.79 Å². The van der Waals surface area contributed by atoms with Crippen LogP contribution >= 0.6 is 11.6 Å². The number of amides is 6. The van der Waals surface area contributed by atoms with Crippen molar-refractivity contribution < 1.29 is 24.0 Å². The molecule has 0 N–H and O–H groups in total. The summed E-state index contributed by atoms with van der Waals surface area (Å²) in [5.74, 6) is 0.581. The van der Waals surface area contributed by atoms with Crippen LogP contribution in [0.15, 0.2) is 268 Å². The summed E-state index contributed by atoms with van der Waals surface area (Å²) in [6, 6.07) is 49.1. The highest BCUT2D eigenvalue weighted by molar-refractivity contribution is 6.30. The van der Waals surface area contributed by atoms with Crippen molar-refractivity contribution in [2.75, 3.05) is 33.2 Å². The van der Waals surface area contributed by atoms with E-state index in [1.165, 1.54) is 22.3 Å². The first-order chi connectivity index (χ1) is 42.1. The van der Waals surface area contributed by atoms with E-state index in [-0.39, 0.29) is 37.1 Å². The molecule has 10 rings (SSSR count). The molecule has 5 aliphatic rings. The molecule has 12 heteroatoms. The van der Waals surface area contributed by atoms with Crippen LogP contribution in [0.5, 0.6) is 0 Å². The molecular weight excluding hydrogens is 1110 g/mol. The molecule has 460 valence electrons. The number of benzene rings is 5. The van der Waals surface area contributed by atoms with E-state index < -0.39 is 0 Å². The van der Waals surface area contributed by atoms with E-state index in [1.54, 1.807) is 42.6 Å². The number of urea groups is 1. The first-order valence-electron chi connectivity index (χ1n) is 30.0. The predicted octanol–water partition coefficient (Wildman–Crippen LogP) is 16.3. The molecule has 0 spiro atoms. The monoisotopic (exact) mass is 1200 g/mol. The summed E-state index contributed by atoms with van der Waals surface area (Å²) in [6.45, 7) is 22.7. The summed E-state index contributed by atoms with van der Waals surface area (Å²) >= 11 is 5.83. The zero-order valence-corrected chi connectivity index (χ0v) is 51.5. The number of carbonyl (C=O) groups excluding carboxylic acids is 5. The summed E-state index contributed by atoms with van der Waals surface area (Å²) in [5, 5.41) is 0.756. The van der Waals surface area contributed by atoms with E-state index in [9.17, 15) is 24.0 Å². The van der Waals surface area contributed by atoms with Gasteiger partial charge in [0.25, 0.3) is 0 Å². The fraction of sp³-hybridized carbons (Fsp3) is 0.276. The number of unbranched alkanes of at least 4 members (excludes halogenated alkanes) is 2. The highest BCUT2D eigenvalue weighted by Crippen LogP contribution is 2.20. The van der Waals surface area contributed by atoms with Crippen LogP contribution in [0.2, 0.25) is 5.02 Å². The lowest BCUT2D eigenvalue weighted by Crippen LogP contribution is -2.40. The van der Waals surface area contributed by atoms with Crippen molar-refractivity contribution in [1.82, 2.24) is 29.4 Å². The quantitative estimate of drug-likeness (QED) is 0.0722. The van der Waals surface area contributed by atoms with E-state index >= 15 is 0 Å². The molecule has 0 saturated carbocycles. The van der Waals surface area contributed by atoms with Gasteiger partial charge < -0.3 is 24.5 Å². The van der Waals surface area contributed by atoms with Crippen molar-refractivity contribution in [3.63, 3.8) is 0 Å². The molecule has 0 aliphatic carbocycles. The normalized spacial score (nSPS) is 15.2. The van der Waals surface area contributed by atoms with E-state index in [2.05, 4.69) is 93.6 Å². The lowest BCUT2D eigenvalue weighted by Gasteiger charge is -2.29. The van der Waals surface area contributed by atoms with Crippen LogP contribution in [-0.4, -0.2) is 92.3 Å². The van der Waals surface area contributed by atoms with Gasteiger partial charge in [-0.05, 0) is 157 Å². The minimum atomic E-state index is 0. The van der Waals surface area contributed by atoms with Crippen molar-refractivity contribution in [3.05, 3.63) is 301 Å². The number of likely N-dealkylation sites (N-methyl/N-ethyl adjacent to an activating group) is 1. The molecule has 88 heavy (non-hydrogen) atoms. The molecule has 6 amide bonds. The maximum absolute atomic E-state index is 11.9. The number of allylic oxidation sites excluding steroid dienone is 5. The number of hydrogen-bond donors (Lipinski definition) is 0. The predicted molar refractivity (Wildman–Crippen MR) is 362 cm³/mol. The summed E-state index contributed by atoms with van der Waals surface area (Å²) in [7, 11) is 1.76. The Morgan fingerprint density at radius 3 is 1.01 bits per heavy atom. The first kappa shape index (κ1) is 69.7. The molecule has 5 heterocycles. The number of hydrogen-bond acceptors (Lipinski definition) is 5. The second kappa shape index (κ2) is 38.2. The minimum Gasteiger partial charge on any atom is -0.319 e. The van der Waals surface area contributed by atoms with Crippen molar-refractivity contribution >= 4 is 41.3 Å². The molecule has 0 radical (unpaired) electrons. The molecule has 11 nitrogen and oxygen atoms in total. The smallest absolute Gasteiger partial charge is 0.319 e. The molecule has 0 aromatic heterocycles. The summed E-state index contributed by atoms with van der Waals surface area (Å²) < 4.78 is 0. The summed E-state index contributed by atoms with van der Waals surface area (Å²) in [4.78, 5) is 69.0. The van der Waals surface area contributed by atoms with Crippen LogP contribution in [0.25, 0.3) is 0 Å². The Hall–Kier alpha value is -9.06. The average molecular weight is 1200 g/mol. The van der Waals surface area contributed by atoms with Crippen molar-refractivity contribution in [2.45, 2.75) is 104 Å². The highest BCUT2D eigenvalue weighted by atomic mass is 35.5. The van der Waals surface area contributed by atoms with Crippen LogP contribution in [-0.2, 0) is 51.4 Å². The van der Waals surface area contributed by atoms with Gasteiger partial charge in [0.05, 0.1) is 32.2 Å². The van der Waals surface area contributed by atoms with Crippen molar-refractivity contribution in [2.24, 2.45) is 0 Å². The van der Waals surface area contributed by atoms with Gasteiger partial charge in [-0.1, -0.05) is 185 Å². The van der Waals surface area contributed by atoms with Gasteiger partial charge in [0.15, 0.2) is 0 Å². The minimum absolute atomic E-state index is 0. The number of aryl methyl sites for hydroxylation is 4. The Morgan fingerprint density at radius 2 is 0.648 bits per heavy atom. The number of rotatable bonds is 20. The Balaban J connectivity index is 0.000000200. The molecule has 5 aromatic rings. The third-order valence-corrected chi connectivity index (χ3v) is 15.0. The Kier molecular flexibility index (Phi) is 30.2. The van der Waals surface area contributed by atoms with Crippen LogP contribution in [0.4, 0.5) is 4.79 Å². The molecule has 0 atom stereocenters. The molecule has 5 aliphatic heterocycles. The van der Waals surface area contributed by atoms with Gasteiger partial charge >= 0.3 is 6.03 Å². The second-order valence-corrected chi connectivity index (χ2v) is 22.4. The largest absolute Gasteiger partial charge is 0.328 e. The number of nitrogens with zero attached hydrogens (tertiary/aromatic N) is 6. The summed E-state index contributed by atoms with van der Waals surface area (Å²) in [5.41, 5.74) is 10.7.